The molecule has 8 bridgehead atoms. The van der Waals surface area contributed by atoms with Gasteiger partial charge >= 0.3 is 0 Å². The fourth-order valence-corrected chi connectivity index (χ4v) is 7.15. The van der Waals surface area contributed by atoms with Crippen LogP contribution in [0.4, 0.5) is 0 Å². The molecule has 5 nitrogen and oxygen atoms in total. The fourth-order valence-electron chi connectivity index (χ4n) is 7.15. The Morgan fingerprint density at radius 2 is 0.706 bits per heavy atom. The molecule has 51 heavy (non-hydrogen) atoms. The van der Waals surface area contributed by atoms with Gasteiger partial charge in [0.2, 0.25) is 0 Å². The predicted molar refractivity (Wildman–Crippen MR) is 208 cm³/mol. The van der Waals surface area contributed by atoms with E-state index in [0.29, 0.717) is 56.7 Å². The highest BCUT2D eigenvalue weighted by molar-refractivity contribution is 6.20. The molecule has 0 aliphatic heterocycles. The van der Waals surface area contributed by atoms with Crippen molar-refractivity contribution in [3.8, 4) is 17.2 Å². The first-order valence-corrected chi connectivity index (χ1v) is 18.7. The van der Waals surface area contributed by atoms with Crippen LogP contribution in [-0.4, -0.2) is 31.4 Å². The van der Waals surface area contributed by atoms with E-state index in [2.05, 4.69) is 98.7 Å². The van der Waals surface area contributed by atoms with Crippen LogP contribution in [0, 0.1) is 0 Å². The summed E-state index contributed by atoms with van der Waals surface area (Å²) in [4.78, 5) is 27.7. The highest BCUT2D eigenvalue weighted by Gasteiger charge is 2.30. The molecule has 5 heteroatoms. The molecule has 0 radical (unpaired) electrons. The lowest BCUT2D eigenvalue weighted by Crippen LogP contribution is -2.20. The minimum Gasteiger partial charge on any atom is -0.493 e. The molecule has 272 valence electrons. The van der Waals surface area contributed by atoms with Gasteiger partial charge in [-0.1, -0.05) is 98.7 Å². The van der Waals surface area contributed by atoms with Crippen LogP contribution >= 0.6 is 0 Å². The van der Waals surface area contributed by atoms with Gasteiger partial charge in [-0.15, -0.1) is 0 Å². The second-order valence-corrected chi connectivity index (χ2v) is 17.2. The minimum absolute atomic E-state index is 0.101. The van der Waals surface area contributed by atoms with Gasteiger partial charge in [-0.3, -0.25) is 9.59 Å². The van der Waals surface area contributed by atoms with Gasteiger partial charge in [-0.25, -0.2) is 0 Å². The molecule has 0 aromatic heterocycles. The molecule has 0 atom stereocenters. The minimum atomic E-state index is -0.165. The van der Waals surface area contributed by atoms with Crippen molar-refractivity contribution in [2.24, 2.45) is 0 Å². The lowest BCUT2D eigenvalue weighted by atomic mass is 9.79. The van der Waals surface area contributed by atoms with E-state index in [1.165, 1.54) is 17.7 Å². The Kier molecular flexibility index (Phi) is 10.8. The summed E-state index contributed by atoms with van der Waals surface area (Å²) in [5.41, 5.74) is 10.2. The smallest absolute Gasteiger partial charge is 0.185 e. The van der Waals surface area contributed by atoms with Crippen LogP contribution in [0.1, 0.15) is 133 Å². The SMILES string of the molecule is CCOc1c2cc(C(C)(C)C)cc1Cc1cc(C(C)(C)C)cc(c1OCC)Cc1cc(C(C)(C)C)cc(c1OCC)CC1=CC(=O)C=C(C2)C1=O. The maximum absolute atomic E-state index is 14.4. The lowest BCUT2D eigenvalue weighted by molar-refractivity contribution is -0.115. The van der Waals surface area contributed by atoms with Crippen molar-refractivity contribution in [3.05, 3.63) is 110 Å². The molecule has 2 aliphatic rings. The van der Waals surface area contributed by atoms with Gasteiger partial charge in [0.05, 0.1) is 19.8 Å². The summed E-state index contributed by atoms with van der Waals surface area (Å²) >= 11 is 0. The van der Waals surface area contributed by atoms with Crippen LogP contribution in [-0.2, 0) is 51.5 Å². The number of ether oxygens (including phenoxy) is 3. The molecule has 0 fully saturated rings. The standard InChI is InChI=1S/C46H58O5/c1-13-49-41-30-16-28-26-39(47)27-29(40(28)48)17-31-21-37(45(7,8)9)23-33(42(31)50-14-2)19-35-25-38(46(10,11)12)24-34(43(35)51-15-3)18-32(41)22-36(20-30)44(4,5)6/h20-27H,13-19H2,1-12H3. The van der Waals surface area contributed by atoms with Gasteiger partial charge < -0.3 is 14.2 Å². The van der Waals surface area contributed by atoms with Crippen LogP contribution in [0.5, 0.6) is 17.2 Å². The molecule has 0 unspecified atom stereocenters. The third kappa shape index (κ3) is 8.35. The lowest BCUT2D eigenvalue weighted by Gasteiger charge is -2.28. The van der Waals surface area contributed by atoms with Crippen LogP contribution in [0.25, 0.3) is 0 Å². The molecular weight excluding hydrogens is 633 g/mol. The number of ketones is 2. The Hall–Kier alpha value is -4.12. The summed E-state index contributed by atoms with van der Waals surface area (Å²) in [6, 6.07) is 13.5. The topological polar surface area (TPSA) is 61.8 Å². The van der Waals surface area contributed by atoms with Crippen LogP contribution in [0.2, 0.25) is 0 Å². The summed E-state index contributed by atoms with van der Waals surface area (Å²) in [6.07, 6.45) is 4.79. The molecule has 3 aromatic rings. The molecule has 0 spiro atoms. The molecule has 0 saturated carbocycles. The number of rotatable bonds is 6. The monoisotopic (exact) mass is 690 g/mol. The maximum Gasteiger partial charge on any atom is 0.185 e. The van der Waals surface area contributed by atoms with E-state index >= 15 is 0 Å². The summed E-state index contributed by atoms with van der Waals surface area (Å²) < 4.78 is 19.6. The van der Waals surface area contributed by atoms with E-state index in [1.807, 2.05) is 20.8 Å². The van der Waals surface area contributed by atoms with Crippen molar-refractivity contribution in [2.45, 2.75) is 125 Å². The van der Waals surface area contributed by atoms with E-state index in [9.17, 15) is 9.59 Å². The predicted octanol–water partition coefficient (Wildman–Crippen LogP) is 10.1. The third-order valence-electron chi connectivity index (χ3n) is 9.93. The van der Waals surface area contributed by atoms with Crippen LogP contribution in [0.15, 0.2) is 59.7 Å². The summed E-state index contributed by atoms with van der Waals surface area (Å²) in [6.45, 7) is 27.5. The number of benzene rings is 3. The Balaban J connectivity index is 1.92. The highest BCUT2D eigenvalue weighted by Crippen LogP contribution is 2.42. The van der Waals surface area contributed by atoms with E-state index < -0.39 is 0 Å². The molecule has 0 saturated heterocycles. The molecule has 5 rings (SSSR count). The van der Waals surface area contributed by atoms with Gasteiger partial charge in [0.25, 0.3) is 0 Å². The molecule has 0 amide bonds. The number of fused-ring (bicyclic) bond motifs is 8. The van der Waals surface area contributed by atoms with E-state index in [1.54, 1.807) is 0 Å². The number of carbonyl (C=O) groups excluding carboxylic acids is 2. The Labute approximate surface area is 306 Å². The number of allylic oxidation sites excluding steroid dienone is 4. The molecule has 3 aromatic carbocycles. The third-order valence-corrected chi connectivity index (χ3v) is 9.93. The maximum atomic E-state index is 14.4. The number of Topliss-reactive ketones (excluding diaryl/α,β-unsaturated/α-hetero) is 1. The average Bonchev–Trinajstić information content (AvgIpc) is 3.01. The number of hydrogen-bond donors (Lipinski definition) is 0. The molecule has 0 heterocycles. The van der Waals surface area contributed by atoms with Gasteiger partial charge in [-0.05, 0) is 99.2 Å². The fraction of sp³-hybridized carbons (Fsp3) is 0.478. The van der Waals surface area contributed by atoms with Gasteiger partial charge in [0, 0.05) is 36.8 Å². The van der Waals surface area contributed by atoms with Crippen molar-refractivity contribution in [1.29, 1.82) is 0 Å². The zero-order valence-corrected chi connectivity index (χ0v) is 33.1. The highest BCUT2D eigenvalue weighted by atomic mass is 16.5. The second-order valence-electron chi connectivity index (χ2n) is 17.2. The number of hydrogen-bond acceptors (Lipinski definition) is 5. The zero-order valence-electron chi connectivity index (χ0n) is 33.1. The summed E-state index contributed by atoms with van der Waals surface area (Å²) in [7, 11) is 0. The number of carbonyl (C=O) groups is 2. The first-order chi connectivity index (χ1) is 23.8. The Morgan fingerprint density at radius 3 is 0.941 bits per heavy atom. The van der Waals surface area contributed by atoms with Crippen molar-refractivity contribution >= 4 is 11.6 Å². The van der Waals surface area contributed by atoms with Crippen molar-refractivity contribution in [3.63, 3.8) is 0 Å². The largest absolute Gasteiger partial charge is 0.493 e. The van der Waals surface area contributed by atoms with E-state index in [-0.39, 0.29) is 27.8 Å². The van der Waals surface area contributed by atoms with Crippen molar-refractivity contribution in [1.82, 2.24) is 0 Å². The summed E-state index contributed by atoms with van der Waals surface area (Å²) in [5, 5.41) is 0. The van der Waals surface area contributed by atoms with E-state index in [0.717, 1.165) is 61.8 Å². The van der Waals surface area contributed by atoms with Gasteiger partial charge in [0.1, 0.15) is 17.2 Å². The Morgan fingerprint density at radius 1 is 0.451 bits per heavy atom. The first kappa shape index (κ1) is 38.1. The summed E-state index contributed by atoms with van der Waals surface area (Å²) in [5.74, 6) is 2.19. The Bertz CT molecular complexity index is 1780. The van der Waals surface area contributed by atoms with Crippen LogP contribution < -0.4 is 14.2 Å². The van der Waals surface area contributed by atoms with Gasteiger partial charge in [0.15, 0.2) is 11.6 Å². The zero-order chi connectivity index (χ0) is 37.5. The average molecular weight is 691 g/mol. The molecule has 0 N–H and O–H groups in total. The normalized spacial score (nSPS) is 15.3. The van der Waals surface area contributed by atoms with Crippen LogP contribution in [0.3, 0.4) is 0 Å². The molecule has 2 aliphatic carbocycles. The van der Waals surface area contributed by atoms with Gasteiger partial charge in [-0.2, -0.15) is 0 Å². The quantitative estimate of drug-likeness (QED) is 0.241. The molecular formula is C46H58O5. The van der Waals surface area contributed by atoms with E-state index in [4.69, 9.17) is 14.2 Å². The second kappa shape index (κ2) is 14.5. The van der Waals surface area contributed by atoms with Crippen molar-refractivity contribution < 1.29 is 23.8 Å². The first-order valence-electron chi connectivity index (χ1n) is 18.7. The van der Waals surface area contributed by atoms with Crippen molar-refractivity contribution in [2.75, 3.05) is 19.8 Å².